The van der Waals surface area contributed by atoms with Crippen molar-refractivity contribution < 1.29 is 19.5 Å². The summed E-state index contributed by atoms with van der Waals surface area (Å²) in [5.74, 6) is 0.945. The smallest absolute Gasteiger partial charge is 0.269 e. The maximum Gasteiger partial charge on any atom is 0.269 e. The molecule has 0 radical (unpaired) electrons. The zero-order chi connectivity index (χ0) is 19.9. The first kappa shape index (κ1) is 19.7. The van der Waals surface area contributed by atoms with Gasteiger partial charge in [0.2, 0.25) is 0 Å². The number of rotatable bonds is 7. The summed E-state index contributed by atoms with van der Waals surface area (Å²) in [7, 11) is 3.19. The molecule has 2 N–H and O–H groups in total. The van der Waals surface area contributed by atoms with Crippen molar-refractivity contribution in [3.8, 4) is 11.5 Å². The van der Waals surface area contributed by atoms with Crippen LogP contribution in [0, 0.1) is 5.92 Å². The molecule has 0 aliphatic heterocycles. The molecule has 1 amide bonds. The molecule has 148 valence electrons. The first-order valence-corrected chi connectivity index (χ1v) is 9.44. The van der Waals surface area contributed by atoms with Gasteiger partial charge in [0.05, 0.1) is 14.2 Å². The molecule has 0 fully saturated rings. The van der Waals surface area contributed by atoms with Gasteiger partial charge in [0.1, 0.15) is 5.71 Å². The molecule has 28 heavy (non-hydrogen) atoms. The Bertz CT molecular complexity index is 863. The van der Waals surface area contributed by atoms with Gasteiger partial charge in [0.15, 0.2) is 11.5 Å². The second-order valence-corrected chi connectivity index (χ2v) is 6.89. The van der Waals surface area contributed by atoms with E-state index in [2.05, 4.69) is 22.6 Å². The highest BCUT2D eigenvalue weighted by atomic mass is 16.5. The van der Waals surface area contributed by atoms with Crippen LogP contribution in [0.25, 0.3) is 0 Å². The molecular formula is C22H26N2O4. The molecule has 3 rings (SSSR count). The van der Waals surface area contributed by atoms with Gasteiger partial charge in [-0.2, -0.15) is 0 Å². The van der Waals surface area contributed by atoms with Crippen LogP contribution in [0.2, 0.25) is 0 Å². The van der Waals surface area contributed by atoms with Crippen molar-refractivity contribution >= 4 is 11.6 Å². The molecular weight excluding hydrogens is 356 g/mol. The minimum atomic E-state index is -0.313. The SMILES string of the molecule is COc1ccc(CCNC(=O)/C(=N/O)C2CCc3ccccc3C2)cc1OC. The lowest BCUT2D eigenvalue weighted by atomic mass is 9.81. The molecule has 2 aromatic carbocycles. The van der Waals surface area contributed by atoms with Gasteiger partial charge in [-0.25, -0.2) is 0 Å². The van der Waals surface area contributed by atoms with Crippen LogP contribution in [0.15, 0.2) is 47.6 Å². The number of nitrogens with one attached hydrogen (secondary N) is 1. The Labute approximate surface area is 165 Å². The Morgan fingerprint density at radius 2 is 1.89 bits per heavy atom. The molecule has 1 aliphatic rings. The van der Waals surface area contributed by atoms with Crippen molar-refractivity contribution in [2.45, 2.75) is 25.7 Å². The summed E-state index contributed by atoms with van der Waals surface area (Å²) in [5, 5.41) is 15.6. The third-order valence-electron chi connectivity index (χ3n) is 5.22. The number of benzene rings is 2. The van der Waals surface area contributed by atoms with Crippen LogP contribution in [0.3, 0.4) is 0 Å². The molecule has 1 aliphatic carbocycles. The van der Waals surface area contributed by atoms with Crippen LogP contribution in [0.5, 0.6) is 11.5 Å². The molecule has 0 spiro atoms. The summed E-state index contributed by atoms with van der Waals surface area (Å²) >= 11 is 0. The lowest BCUT2D eigenvalue weighted by Gasteiger charge is -2.24. The largest absolute Gasteiger partial charge is 0.493 e. The third-order valence-corrected chi connectivity index (χ3v) is 5.22. The summed E-state index contributed by atoms with van der Waals surface area (Å²) < 4.78 is 10.5. The average Bonchev–Trinajstić information content (AvgIpc) is 2.74. The number of nitrogens with zero attached hydrogens (tertiary/aromatic N) is 1. The molecule has 0 saturated carbocycles. The summed E-state index contributed by atoms with van der Waals surface area (Å²) in [4.78, 5) is 12.6. The molecule has 2 aromatic rings. The van der Waals surface area contributed by atoms with E-state index in [0.717, 1.165) is 24.8 Å². The molecule has 1 unspecified atom stereocenters. The first-order chi connectivity index (χ1) is 13.7. The van der Waals surface area contributed by atoms with Gasteiger partial charge in [0, 0.05) is 12.5 Å². The first-order valence-electron chi connectivity index (χ1n) is 9.44. The van der Waals surface area contributed by atoms with E-state index in [4.69, 9.17) is 9.47 Å². The van der Waals surface area contributed by atoms with Crippen molar-refractivity contribution in [3.05, 3.63) is 59.2 Å². The Balaban J connectivity index is 1.57. The number of amides is 1. The summed E-state index contributed by atoms with van der Waals surface area (Å²) in [6.07, 6.45) is 3.05. The van der Waals surface area contributed by atoms with Crippen LogP contribution < -0.4 is 14.8 Å². The fourth-order valence-corrected chi connectivity index (χ4v) is 3.69. The lowest BCUT2D eigenvalue weighted by Crippen LogP contribution is -2.38. The number of carbonyl (C=O) groups is 1. The van der Waals surface area contributed by atoms with Crippen LogP contribution in [0.1, 0.15) is 23.1 Å². The number of carbonyl (C=O) groups excluding carboxylic acids is 1. The molecule has 0 bridgehead atoms. The molecule has 0 aromatic heterocycles. The van der Waals surface area contributed by atoms with Gasteiger partial charge in [-0.05, 0) is 54.5 Å². The fraction of sp³-hybridized carbons (Fsp3) is 0.364. The molecule has 1 atom stereocenters. The Kier molecular flexibility index (Phi) is 6.53. The minimum absolute atomic E-state index is 0.0685. The van der Waals surface area contributed by atoms with E-state index in [1.165, 1.54) is 11.1 Å². The number of ether oxygens (including phenoxy) is 2. The van der Waals surface area contributed by atoms with E-state index < -0.39 is 0 Å². The molecule has 0 saturated heterocycles. The number of hydrogen-bond acceptors (Lipinski definition) is 5. The van der Waals surface area contributed by atoms with Crippen LogP contribution in [-0.4, -0.2) is 37.6 Å². The van der Waals surface area contributed by atoms with Crippen LogP contribution >= 0.6 is 0 Å². The highest BCUT2D eigenvalue weighted by Crippen LogP contribution is 2.28. The standard InChI is InChI=1S/C22H26N2O4/c1-27-19-10-7-15(13-20(19)28-2)11-12-23-22(25)21(24-26)18-9-8-16-5-3-4-6-17(16)14-18/h3-7,10,13,18,26H,8-9,11-12,14H2,1-2H3,(H,23,25)/b24-21+. The monoisotopic (exact) mass is 382 g/mol. The quantitative estimate of drug-likeness (QED) is 0.438. The van der Waals surface area contributed by atoms with E-state index in [-0.39, 0.29) is 17.5 Å². The maximum atomic E-state index is 12.6. The van der Waals surface area contributed by atoms with Gasteiger partial charge in [0.25, 0.3) is 5.91 Å². The van der Waals surface area contributed by atoms with E-state index in [9.17, 15) is 10.0 Å². The Morgan fingerprint density at radius 3 is 2.61 bits per heavy atom. The molecule has 0 heterocycles. The number of aryl methyl sites for hydroxylation is 1. The minimum Gasteiger partial charge on any atom is -0.493 e. The Hall–Kier alpha value is -3.02. The van der Waals surface area contributed by atoms with E-state index in [0.29, 0.717) is 24.5 Å². The van der Waals surface area contributed by atoms with Gasteiger partial charge >= 0.3 is 0 Å². The summed E-state index contributed by atoms with van der Waals surface area (Å²) in [5.41, 5.74) is 3.76. The lowest BCUT2D eigenvalue weighted by molar-refractivity contribution is -0.115. The zero-order valence-electron chi connectivity index (χ0n) is 16.3. The van der Waals surface area contributed by atoms with Crippen molar-refractivity contribution in [3.63, 3.8) is 0 Å². The predicted octanol–water partition coefficient (Wildman–Crippen LogP) is 3.00. The van der Waals surface area contributed by atoms with Crippen LogP contribution in [0.4, 0.5) is 0 Å². The Morgan fingerprint density at radius 1 is 1.14 bits per heavy atom. The number of hydrogen-bond donors (Lipinski definition) is 2. The van der Waals surface area contributed by atoms with Crippen molar-refractivity contribution in [1.82, 2.24) is 5.32 Å². The predicted molar refractivity (Wildman–Crippen MR) is 107 cm³/mol. The highest BCUT2D eigenvalue weighted by Gasteiger charge is 2.27. The third kappa shape index (κ3) is 4.44. The van der Waals surface area contributed by atoms with Gasteiger partial charge < -0.3 is 20.0 Å². The van der Waals surface area contributed by atoms with Gasteiger partial charge in [-0.3, -0.25) is 4.79 Å². The maximum absolute atomic E-state index is 12.6. The van der Waals surface area contributed by atoms with Gasteiger partial charge in [-0.1, -0.05) is 35.5 Å². The van der Waals surface area contributed by atoms with E-state index in [1.807, 2.05) is 30.3 Å². The number of methoxy groups -OCH3 is 2. The summed E-state index contributed by atoms with van der Waals surface area (Å²) in [6, 6.07) is 13.9. The van der Waals surface area contributed by atoms with E-state index >= 15 is 0 Å². The molecule has 6 heteroatoms. The average molecular weight is 382 g/mol. The summed E-state index contributed by atoms with van der Waals surface area (Å²) in [6.45, 7) is 0.441. The second-order valence-electron chi connectivity index (χ2n) is 6.89. The topological polar surface area (TPSA) is 80.2 Å². The van der Waals surface area contributed by atoms with Crippen molar-refractivity contribution in [2.75, 3.05) is 20.8 Å². The normalized spacial score (nSPS) is 16.2. The van der Waals surface area contributed by atoms with Gasteiger partial charge in [-0.15, -0.1) is 0 Å². The van der Waals surface area contributed by atoms with E-state index in [1.54, 1.807) is 14.2 Å². The van der Waals surface area contributed by atoms with Crippen molar-refractivity contribution in [1.29, 1.82) is 0 Å². The second kappa shape index (κ2) is 9.26. The van der Waals surface area contributed by atoms with Crippen molar-refractivity contribution in [2.24, 2.45) is 11.1 Å². The number of oxime groups is 1. The van der Waals surface area contributed by atoms with Crippen LogP contribution in [-0.2, 0) is 24.1 Å². The fourth-order valence-electron chi connectivity index (χ4n) is 3.69. The zero-order valence-corrected chi connectivity index (χ0v) is 16.3. The molecule has 6 nitrogen and oxygen atoms in total. The highest BCUT2D eigenvalue weighted by molar-refractivity contribution is 6.39. The number of fused-ring (bicyclic) bond motifs is 1.